The number of Topliss-reactive ketones (excluding diaryl/α,β-unsaturated/α-hetero) is 1. The second kappa shape index (κ2) is 9.31. The van der Waals surface area contributed by atoms with Gasteiger partial charge in [-0.25, -0.2) is 0 Å². The molecular formula is C27H25NO6. The van der Waals surface area contributed by atoms with E-state index in [0.717, 1.165) is 5.56 Å². The summed E-state index contributed by atoms with van der Waals surface area (Å²) in [5.74, 6) is -0.232. The van der Waals surface area contributed by atoms with Crippen LogP contribution in [0.1, 0.15) is 22.7 Å². The van der Waals surface area contributed by atoms with Gasteiger partial charge in [0, 0.05) is 16.8 Å². The van der Waals surface area contributed by atoms with Crippen molar-refractivity contribution >= 4 is 23.1 Å². The standard InChI is InChI=1S/C27H25NO6/c1-16-5-7-17(8-6-16)25(29)23-24(21-15-20(33-3)13-14-22(21)34-4)28(27(31)26(23)30)18-9-11-19(32-2)12-10-18/h5-15,24,29H,1-4H3/t24-/m0/s1. The summed E-state index contributed by atoms with van der Waals surface area (Å²) < 4.78 is 16.2. The van der Waals surface area contributed by atoms with E-state index in [9.17, 15) is 14.7 Å². The van der Waals surface area contributed by atoms with E-state index in [-0.39, 0.29) is 11.3 Å². The molecule has 1 atom stereocenters. The maximum Gasteiger partial charge on any atom is 0.300 e. The van der Waals surface area contributed by atoms with E-state index < -0.39 is 17.7 Å². The zero-order chi connectivity index (χ0) is 24.4. The van der Waals surface area contributed by atoms with Crippen molar-refractivity contribution in [2.75, 3.05) is 26.2 Å². The Bertz CT molecular complexity index is 1260. The third kappa shape index (κ3) is 3.96. The molecule has 0 spiro atoms. The van der Waals surface area contributed by atoms with Crippen molar-refractivity contribution in [3.05, 3.63) is 89.0 Å². The Hall–Kier alpha value is -4.26. The summed E-state index contributed by atoms with van der Waals surface area (Å²) in [6, 6.07) is 18.1. The zero-order valence-electron chi connectivity index (χ0n) is 19.4. The molecule has 0 saturated carbocycles. The summed E-state index contributed by atoms with van der Waals surface area (Å²) in [6.07, 6.45) is 0. The molecule has 34 heavy (non-hydrogen) atoms. The number of aryl methyl sites for hydroxylation is 1. The molecule has 1 N–H and O–H groups in total. The maximum atomic E-state index is 13.3. The molecule has 0 bridgehead atoms. The topological polar surface area (TPSA) is 85.3 Å². The molecule has 1 saturated heterocycles. The molecule has 1 aliphatic rings. The van der Waals surface area contributed by atoms with E-state index in [4.69, 9.17) is 14.2 Å². The van der Waals surface area contributed by atoms with E-state index in [2.05, 4.69) is 0 Å². The second-order valence-electron chi connectivity index (χ2n) is 7.84. The fraction of sp³-hybridized carbons (Fsp3) is 0.185. The van der Waals surface area contributed by atoms with Crippen LogP contribution in [-0.4, -0.2) is 38.1 Å². The number of hydrogen-bond acceptors (Lipinski definition) is 6. The monoisotopic (exact) mass is 459 g/mol. The highest BCUT2D eigenvalue weighted by atomic mass is 16.5. The van der Waals surface area contributed by atoms with Gasteiger partial charge in [-0.05, 0) is 49.4 Å². The summed E-state index contributed by atoms with van der Waals surface area (Å²) in [5.41, 5.74) is 2.38. The van der Waals surface area contributed by atoms with Crippen LogP contribution in [-0.2, 0) is 9.59 Å². The second-order valence-corrected chi connectivity index (χ2v) is 7.84. The number of rotatable bonds is 6. The molecule has 3 aromatic carbocycles. The number of carbonyl (C=O) groups is 2. The first kappa shape index (κ1) is 22.9. The van der Waals surface area contributed by atoms with Crippen molar-refractivity contribution in [3.63, 3.8) is 0 Å². The van der Waals surface area contributed by atoms with Gasteiger partial charge in [-0.3, -0.25) is 14.5 Å². The number of methoxy groups -OCH3 is 3. The lowest BCUT2D eigenvalue weighted by atomic mass is 9.94. The van der Waals surface area contributed by atoms with Crippen LogP contribution in [0.3, 0.4) is 0 Å². The molecular weight excluding hydrogens is 434 g/mol. The normalized spacial score (nSPS) is 17.1. The number of aliphatic hydroxyl groups excluding tert-OH is 1. The first-order valence-corrected chi connectivity index (χ1v) is 10.6. The van der Waals surface area contributed by atoms with Gasteiger partial charge in [0.1, 0.15) is 23.0 Å². The lowest BCUT2D eigenvalue weighted by Crippen LogP contribution is -2.29. The molecule has 4 rings (SSSR count). The SMILES string of the molecule is COc1ccc(N2C(=O)C(=O)C(=C(O)c3ccc(C)cc3)[C@@H]2c2cc(OC)ccc2OC)cc1. The Labute approximate surface area is 197 Å². The Morgan fingerprint density at radius 2 is 1.44 bits per heavy atom. The first-order valence-electron chi connectivity index (χ1n) is 10.6. The van der Waals surface area contributed by atoms with Crippen LogP contribution < -0.4 is 19.1 Å². The largest absolute Gasteiger partial charge is 0.507 e. The van der Waals surface area contributed by atoms with Crippen LogP contribution in [0.25, 0.3) is 5.76 Å². The third-order valence-electron chi connectivity index (χ3n) is 5.85. The maximum absolute atomic E-state index is 13.3. The van der Waals surface area contributed by atoms with Gasteiger partial charge < -0.3 is 19.3 Å². The quantitative estimate of drug-likeness (QED) is 0.328. The highest BCUT2D eigenvalue weighted by Gasteiger charge is 2.48. The number of benzene rings is 3. The Kier molecular flexibility index (Phi) is 6.27. The summed E-state index contributed by atoms with van der Waals surface area (Å²) >= 11 is 0. The summed E-state index contributed by atoms with van der Waals surface area (Å²) in [5, 5.41) is 11.3. The summed E-state index contributed by atoms with van der Waals surface area (Å²) in [4.78, 5) is 28.0. The average Bonchev–Trinajstić information content (AvgIpc) is 3.13. The van der Waals surface area contributed by atoms with Gasteiger partial charge in [-0.2, -0.15) is 0 Å². The van der Waals surface area contributed by atoms with Crippen LogP contribution in [0, 0.1) is 6.92 Å². The Morgan fingerprint density at radius 3 is 2.03 bits per heavy atom. The Morgan fingerprint density at radius 1 is 0.824 bits per heavy atom. The zero-order valence-corrected chi connectivity index (χ0v) is 19.4. The molecule has 1 amide bonds. The number of hydrogen-bond donors (Lipinski definition) is 1. The number of carbonyl (C=O) groups excluding carboxylic acids is 2. The van der Waals surface area contributed by atoms with E-state index in [0.29, 0.717) is 34.1 Å². The summed E-state index contributed by atoms with van der Waals surface area (Å²) in [6.45, 7) is 1.92. The lowest BCUT2D eigenvalue weighted by Gasteiger charge is -2.27. The number of amides is 1. The third-order valence-corrected chi connectivity index (χ3v) is 5.85. The number of ether oxygens (including phenoxy) is 3. The van der Waals surface area contributed by atoms with Gasteiger partial charge in [0.15, 0.2) is 0 Å². The van der Waals surface area contributed by atoms with Crippen molar-refractivity contribution in [2.45, 2.75) is 13.0 Å². The average molecular weight is 459 g/mol. The molecule has 174 valence electrons. The van der Waals surface area contributed by atoms with Crippen molar-refractivity contribution in [1.82, 2.24) is 0 Å². The molecule has 0 unspecified atom stereocenters. The van der Waals surface area contributed by atoms with Crippen molar-refractivity contribution in [2.24, 2.45) is 0 Å². The predicted molar refractivity (Wildman–Crippen MR) is 129 cm³/mol. The number of anilines is 1. The van der Waals surface area contributed by atoms with E-state index in [1.807, 2.05) is 19.1 Å². The fourth-order valence-electron chi connectivity index (χ4n) is 4.06. The number of ketones is 1. The molecule has 3 aromatic rings. The highest BCUT2D eigenvalue weighted by Crippen LogP contribution is 2.46. The smallest absolute Gasteiger partial charge is 0.300 e. The highest BCUT2D eigenvalue weighted by molar-refractivity contribution is 6.51. The number of nitrogens with zero attached hydrogens (tertiary/aromatic N) is 1. The molecule has 0 aliphatic carbocycles. The van der Waals surface area contributed by atoms with Crippen molar-refractivity contribution in [1.29, 1.82) is 0 Å². The van der Waals surface area contributed by atoms with E-state index >= 15 is 0 Å². The minimum atomic E-state index is -0.945. The minimum absolute atomic E-state index is 0.0313. The van der Waals surface area contributed by atoms with Crippen LogP contribution >= 0.6 is 0 Å². The van der Waals surface area contributed by atoms with Crippen LogP contribution in [0.2, 0.25) is 0 Å². The van der Waals surface area contributed by atoms with E-state index in [1.54, 1.807) is 61.7 Å². The first-order chi connectivity index (χ1) is 16.4. The van der Waals surface area contributed by atoms with Gasteiger partial charge in [-0.15, -0.1) is 0 Å². The van der Waals surface area contributed by atoms with Gasteiger partial charge in [0.25, 0.3) is 11.7 Å². The molecule has 7 heteroatoms. The van der Waals surface area contributed by atoms with Gasteiger partial charge in [-0.1, -0.05) is 29.8 Å². The van der Waals surface area contributed by atoms with Gasteiger partial charge >= 0.3 is 0 Å². The van der Waals surface area contributed by atoms with Crippen LogP contribution in [0.5, 0.6) is 17.2 Å². The van der Waals surface area contributed by atoms with Crippen LogP contribution in [0.4, 0.5) is 5.69 Å². The molecule has 0 radical (unpaired) electrons. The summed E-state index contributed by atoms with van der Waals surface area (Å²) in [7, 11) is 4.58. The lowest BCUT2D eigenvalue weighted by molar-refractivity contribution is -0.132. The van der Waals surface area contributed by atoms with Gasteiger partial charge in [0.05, 0.1) is 32.9 Å². The molecule has 1 fully saturated rings. The van der Waals surface area contributed by atoms with E-state index in [1.165, 1.54) is 19.1 Å². The molecule has 1 aliphatic heterocycles. The predicted octanol–water partition coefficient (Wildman–Crippen LogP) is 4.65. The van der Waals surface area contributed by atoms with Crippen LogP contribution in [0.15, 0.2) is 72.3 Å². The molecule has 7 nitrogen and oxygen atoms in total. The molecule has 1 heterocycles. The molecule has 0 aromatic heterocycles. The van der Waals surface area contributed by atoms with Crippen molar-refractivity contribution in [3.8, 4) is 17.2 Å². The van der Waals surface area contributed by atoms with Gasteiger partial charge in [0.2, 0.25) is 0 Å². The fourth-order valence-corrected chi connectivity index (χ4v) is 4.06. The van der Waals surface area contributed by atoms with Crippen molar-refractivity contribution < 1.29 is 28.9 Å². The minimum Gasteiger partial charge on any atom is -0.507 e. The Balaban J connectivity index is 1.99. The number of aliphatic hydroxyl groups is 1.